The third kappa shape index (κ3) is 3.24. The van der Waals surface area contributed by atoms with Gasteiger partial charge < -0.3 is 15.3 Å². The van der Waals surface area contributed by atoms with Crippen molar-refractivity contribution in [2.24, 2.45) is 11.8 Å². The van der Waals surface area contributed by atoms with Crippen molar-refractivity contribution in [2.45, 2.75) is 32.6 Å². The number of hydrogen-bond acceptors (Lipinski definition) is 3. The number of phenols is 1. The smallest absolute Gasteiger partial charge is 0.229 e. The summed E-state index contributed by atoms with van der Waals surface area (Å²) in [4.78, 5) is 26.4. The predicted octanol–water partition coefficient (Wildman–Crippen LogP) is 2.29. The number of phenolic OH excluding ortho intramolecular Hbond substituents is 1. The second-order valence-electron chi connectivity index (χ2n) is 6.41. The van der Waals surface area contributed by atoms with Crippen LogP contribution in [0.4, 0.5) is 5.69 Å². The molecule has 1 saturated heterocycles. The number of nitrogens with one attached hydrogen (secondary N) is 1. The van der Waals surface area contributed by atoms with Gasteiger partial charge in [-0.3, -0.25) is 9.59 Å². The van der Waals surface area contributed by atoms with Gasteiger partial charge in [-0.1, -0.05) is 6.07 Å². The molecule has 22 heavy (non-hydrogen) atoms. The summed E-state index contributed by atoms with van der Waals surface area (Å²) in [6.07, 6.45) is 3.62. The number of hydrogen-bond donors (Lipinski definition) is 2. The van der Waals surface area contributed by atoms with Gasteiger partial charge in [-0.05, 0) is 50.3 Å². The highest BCUT2D eigenvalue weighted by molar-refractivity contribution is 5.94. The Kier molecular flexibility index (Phi) is 4.05. The molecule has 0 spiro atoms. The van der Waals surface area contributed by atoms with Crippen molar-refractivity contribution < 1.29 is 14.7 Å². The lowest BCUT2D eigenvalue weighted by molar-refractivity contribution is -0.135. The number of anilines is 1. The summed E-state index contributed by atoms with van der Waals surface area (Å²) in [5, 5.41) is 12.7. The van der Waals surface area contributed by atoms with Gasteiger partial charge in [0, 0.05) is 19.0 Å². The van der Waals surface area contributed by atoms with E-state index in [0.717, 1.165) is 37.8 Å². The van der Waals surface area contributed by atoms with Gasteiger partial charge in [-0.2, -0.15) is 0 Å². The van der Waals surface area contributed by atoms with Crippen molar-refractivity contribution in [1.29, 1.82) is 0 Å². The summed E-state index contributed by atoms with van der Waals surface area (Å²) in [5.41, 5.74) is 1.37. The van der Waals surface area contributed by atoms with Crippen molar-refractivity contribution in [3.05, 3.63) is 23.8 Å². The number of piperidine rings is 1. The molecule has 2 amide bonds. The molecule has 0 aromatic heterocycles. The van der Waals surface area contributed by atoms with Gasteiger partial charge in [0.25, 0.3) is 0 Å². The minimum Gasteiger partial charge on any atom is -0.506 e. The van der Waals surface area contributed by atoms with Gasteiger partial charge in [0.05, 0.1) is 11.6 Å². The van der Waals surface area contributed by atoms with Crippen LogP contribution < -0.4 is 5.32 Å². The SMILES string of the molecule is Cc1ccc(NC(=O)C2CCCN(C(=O)C3CC3)C2)c(O)c1. The Bertz CT molecular complexity index is 596. The van der Waals surface area contributed by atoms with Crippen molar-refractivity contribution in [3.63, 3.8) is 0 Å². The molecule has 5 nitrogen and oxygen atoms in total. The highest BCUT2D eigenvalue weighted by atomic mass is 16.3. The molecule has 2 fully saturated rings. The molecule has 1 aliphatic carbocycles. The van der Waals surface area contributed by atoms with Gasteiger partial charge in [-0.15, -0.1) is 0 Å². The minimum atomic E-state index is -0.197. The highest BCUT2D eigenvalue weighted by Gasteiger charge is 2.36. The van der Waals surface area contributed by atoms with E-state index in [1.54, 1.807) is 12.1 Å². The molecule has 2 aliphatic rings. The van der Waals surface area contributed by atoms with Gasteiger partial charge in [-0.25, -0.2) is 0 Å². The molecular formula is C17H22N2O3. The van der Waals surface area contributed by atoms with Gasteiger partial charge in [0.1, 0.15) is 5.75 Å². The molecule has 1 atom stereocenters. The number of benzene rings is 1. The molecule has 3 rings (SSSR count). The second-order valence-corrected chi connectivity index (χ2v) is 6.41. The topological polar surface area (TPSA) is 69.6 Å². The van der Waals surface area contributed by atoms with Crippen LogP contribution in [0.2, 0.25) is 0 Å². The Hall–Kier alpha value is -2.04. The molecular weight excluding hydrogens is 280 g/mol. The van der Waals surface area contributed by atoms with E-state index in [9.17, 15) is 14.7 Å². The van der Waals surface area contributed by atoms with Crippen molar-refractivity contribution in [3.8, 4) is 5.75 Å². The zero-order chi connectivity index (χ0) is 15.7. The van der Waals surface area contributed by atoms with Crippen molar-refractivity contribution in [1.82, 2.24) is 4.90 Å². The first-order valence-corrected chi connectivity index (χ1v) is 7.94. The number of aromatic hydroxyl groups is 1. The van der Waals surface area contributed by atoms with Crippen LogP contribution in [0, 0.1) is 18.8 Å². The Morgan fingerprint density at radius 2 is 2.00 bits per heavy atom. The van der Waals surface area contributed by atoms with E-state index in [1.165, 1.54) is 0 Å². The lowest BCUT2D eigenvalue weighted by atomic mass is 9.96. The van der Waals surface area contributed by atoms with Crippen LogP contribution in [-0.4, -0.2) is 34.9 Å². The number of nitrogens with zero attached hydrogens (tertiary/aromatic N) is 1. The van der Waals surface area contributed by atoms with Crippen molar-refractivity contribution >= 4 is 17.5 Å². The highest BCUT2D eigenvalue weighted by Crippen LogP contribution is 2.33. The second kappa shape index (κ2) is 5.99. The van der Waals surface area contributed by atoms with Gasteiger partial charge >= 0.3 is 0 Å². The third-order valence-corrected chi connectivity index (χ3v) is 4.44. The molecule has 1 aromatic rings. The largest absolute Gasteiger partial charge is 0.506 e. The molecule has 0 bridgehead atoms. The van der Waals surface area contributed by atoms with Gasteiger partial charge in [0.2, 0.25) is 11.8 Å². The fourth-order valence-electron chi connectivity index (χ4n) is 2.96. The van der Waals surface area contributed by atoms with E-state index in [1.807, 2.05) is 17.9 Å². The van der Waals surface area contributed by atoms with E-state index in [2.05, 4.69) is 5.32 Å². The maximum absolute atomic E-state index is 12.4. The third-order valence-electron chi connectivity index (χ3n) is 4.44. The number of amides is 2. The predicted molar refractivity (Wildman–Crippen MR) is 83.5 cm³/mol. The summed E-state index contributed by atoms with van der Waals surface area (Å²) in [6, 6.07) is 5.18. The number of carbonyl (C=O) groups excluding carboxylic acids is 2. The number of carbonyl (C=O) groups is 2. The molecule has 1 saturated carbocycles. The van der Waals surface area contributed by atoms with E-state index < -0.39 is 0 Å². The Balaban J connectivity index is 1.62. The molecule has 2 N–H and O–H groups in total. The van der Waals surface area contributed by atoms with Crippen LogP contribution in [0.25, 0.3) is 0 Å². The quantitative estimate of drug-likeness (QED) is 0.842. The number of rotatable bonds is 3. The minimum absolute atomic E-state index is 0.0788. The molecule has 1 aromatic carbocycles. The molecule has 1 aliphatic heterocycles. The Labute approximate surface area is 130 Å². The zero-order valence-corrected chi connectivity index (χ0v) is 12.8. The molecule has 118 valence electrons. The summed E-state index contributed by atoms with van der Waals surface area (Å²) in [6.45, 7) is 3.14. The lowest BCUT2D eigenvalue weighted by Gasteiger charge is -2.32. The summed E-state index contributed by atoms with van der Waals surface area (Å²) >= 11 is 0. The first-order valence-electron chi connectivity index (χ1n) is 7.94. The lowest BCUT2D eigenvalue weighted by Crippen LogP contribution is -2.44. The standard InChI is InChI=1S/C17H22N2O3/c1-11-4-7-14(15(20)9-11)18-16(21)13-3-2-8-19(10-13)17(22)12-5-6-12/h4,7,9,12-13,20H,2-3,5-6,8,10H2,1H3,(H,18,21). The molecule has 0 radical (unpaired) electrons. The van der Waals surface area contributed by atoms with Gasteiger partial charge in [0.15, 0.2) is 0 Å². The van der Waals surface area contributed by atoms with Crippen molar-refractivity contribution in [2.75, 3.05) is 18.4 Å². The van der Waals surface area contributed by atoms with E-state index in [-0.39, 0.29) is 29.4 Å². The Morgan fingerprint density at radius 3 is 2.68 bits per heavy atom. The maximum Gasteiger partial charge on any atom is 0.229 e. The fraction of sp³-hybridized carbons (Fsp3) is 0.529. The number of aryl methyl sites for hydroxylation is 1. The average molecular weight is 302 g/mol. The zero-order valence-electron chi connectivity index (χ0n) is 12.8. The first kappa shape index (κ1) is 14.9. The normalized spacial score (nSPS) is 21.5. The van der Waals surface area contributed by atoms with E-state index in [4.69, 9.17) is 0 Å². The van der Waals surface area contributed by atoms with E-state index >= 15 is 0 Å². The summed E-state index contributed by atoms with van der Waals surface area (Å²) in [5.74, 6) is 0.165. The monoisotopic (exact) mass is 302 g/mol. The summed E-state index contributed by atoms with van der Waals surface area (Å²) < 4.78 is 0. The number of likely N-dealkylation sites (tertiary alicyclic amines) is 1. The fourth-order valence-corrected chi connectivity index (χ4v) is 2.96. The molecule has 1 unspecified atom stereocenters. The van der Waals surface area contributed by atoms with Crippen LogP contribution in [0.1, 0.15) is 31.2 Å². The Morgan fingerprint density at radius 1 is 1.23 bits per heavy atom. The van der Waals surface area contributed by atoms with E-state index in [0.29, 0.717) is 12.2 Å². The van der Waals surface area contributed by atoms with Crippen LogP contribution in [0.15, 0.2) is 18.2 Å². The van der Waals surface area contributed by atoms with Crippen LogP contribution in [0.3, 0.4) is 0 Å². The maximum atomic E-state index is 12.4. The average Bonchev–Trinajstić information content (AvgIpc) is 3.34. The molecule has 1 heterocycles. The molecule has 5 heteroatoms. The van der Waals surface area contributed by atoms with Crippen LogP contribution >= 0.6 is 0 Å². The van der Waals surface area contributed by atoms with Crippen LogP contribution in [-0.2, 0) is 9.59 Å². The summed E-state index contributed by atoms with van der Waals surface area (Å²) in [7, 11) is 0. The first-order chi connectivity index (χ1) is 10.5. The van der Waals surface area contributed by atoms with Crippen LogP contribution in [0.5, 0.6) is 5.75 Å².